The van der Waals surface area contributed by atoms with E-state index in [9.17, 15) is 0 Å². The van der Waals surface area contributed by atoms with Crippen molar-refractivity contribution in [1.82, 2.24) is 9.97 Å². The molecule has 2 aliphatic rings. The number of piperidine rings is 1. The van der Waals surface area contributed by atoms with Crippen LogP contribution in [0.25, 0.3) is 0 Å². The normalized spacial score (nSPS) is 20.1. The number of nitrogens with two attached hydrogens (primary N) is 1. The van der Waals surface area contributed by atoms with Crippen LogP contribution in [-0.4, -0.2) is 23.1 Å². The summed E-state index contributed by atoms with van der Waals surface area (Å²) in [5, 5.41) is 0. The van der Waals surface area contributed by atoms with Crippen molar-refractivity contribution in [2.24, 2.45) is 17.7 Å². The molecule has 0 aromatic carbocycles. The van der Waals surface area contributed by atoms with E-state index in [1.807, 2.05) is 0 Å². The van der Waals surface area contributed by atoms with Gasteiger partial charge in [-0.05, 0) is 44.4 Å². The first-order valence-corrected chi connectivity index (χ1v) is 8.20. The largest absolute Gasteiger partial charge is 0.356 e. The van der Waals surface area contributed by atoms with Crippen LogP contribution in [0.3, 0.4) is 0 Å². The van der Waals surface area contributed by atoms with E-state index in [0.29, 0.717) is 5.92 Å². The van der Waals surface area contributed by atoms with Crippen molar-refractivity contribution in [2.75, 3.05) is 23.4 Å². The van der Waals surface area contributed by atoms with Crippen molar-refractivity contribution in [3.05, 3.63) is 11.4 Å². The smallest absolute Gasteiger partial charge is 0.148 e. The number of anilines is 2. The molecular formula is C16H27N5. The lowest BCUT2D eigenvalue weighted by molar-refractivity contribution is 0.310. The van der Waals surface area contributed by atoms with Gasteiger partial charge in [0.2, 0.25) is 0 Å². The molecule has 2 fully saturated rings. The minimum Gasteiger partial charge on any atom is -0.356 e. The first-order chi connectivity index (χ1) is 10.1. The molecule has 1 aliphatic heterocycles. The van der Waals surface area contributed by atoms with Gasteiger partial charge in [0.1, 0.15) is 17.5 Å². The average molecular weight is 289 g/mol. The summed E-state index contributed by atoms with van der Waals surface area (Å²) < 4.78 is 0. The molecule has 1 aliphatic carbocycles. The standard InChI is InChI=1S/C16H27N5/c1-10(2)12-6-8-21(9-7-12)16-11(3)14(20-17)18-15(19-16)13-4-5-13/h10,12-13H,4-9,17H2,1-3H3,(H,18,19,20). The summed E-state index contributed by atoms with van der Waals surface area (Å²) in [4.78, 5) is 11.9. The van der Waals surface area contributed by atoms with Gasteiger partial charge in [0, 0.05) is 24.6 Å². The van der Waals surface area contributed by atoms with Gasteiger partial charge < -0.3 is 10.3 Å². The van der Waals surface area contributed by atoms with Crippen molar-refractivity contribution in [1.29, 1.82) is 0 Å². The summed E-state index contributed by atoms with van der Waals surface area (Å²) in [5.74, 6) is 10.7. The second-order valence-electron chi connectivity index (χ2n) is 6.87. The van der Waals surface area contributed by atoms with E-state index >= 15 is 0 Å². The third kappa shape index (κ3) is 2.98. The Morgan fingerprint density at radius 3 is 2.33 bits per heavy atom. The molecule has 2 heterocycles. The van der Waals surface area contributed by atoms with Crippen molar-refractivity contribution < 1.29 is 0 Å². The molecule has 0 amide bonds. The van der Waals surface area contributed by atoms with Gasteiger partial charge in [-0.25, -0.2) is 15.8 Å². The zero-order chi connectivity index (χ0) is 15.0. The van der Waals surface area contributed by atoms with Crippen molar-refractivity contribution >= 4 is 11.6 Å². The number of aromatic nitrogens is 2. The molecule has 1 aromatic rings. The minimum absolute atomic E-state index is 0.546. The van der Waals surface area contributed by atoms with E-state index in [0.717, 1.165) is 47.9 Å². The number of hydrogen-bond donors (Lipinski definition) is 2. The zero-order valence-electron chi connectivity index (χ0n) is 13.4. The van der Waals surface area contributed by atoms with Crippen LogP contribution in [0.4, 0.5) is 11.6 Å². The molecule has 0 atom stereocenters. The fourth-order valence-corrected chi connectivity index (χ4v) is 3.27. The molecule has 5 heteroatoms. The molecule has 21 heavy (non-hydrogen) atoms. The molecule has 116 valence electrons. The van der Waals surface area contributed by atoms with Gasteiger partial charge in [0.05, 0.1) is 0 Å². The summed E-state index contributed by atoms with van der Waals surface area (Å²) >= 11 is 0. The Hall–Kier alpha value is -1.36. The first-order valence-electron chi connectivity index (χ1n) is 8.20. The zero-order valence-corrected chi connectivity index (χ0v) is 13.4. The van der Waals surface area contributed by atoms with Gasteiger partial charge in [-0.2, -0.15) is 0 Å². The monoisotopic (exact) mass is 289 g/mol. The molecule has 5 nitrogen and oxygen atoms in total. The fourth-order valence-electron chi connectivity index (χ4n) is 3.27. The summed E-state index contributed by atoms with van der Waals surface area (Å²) in [5.41, 5.74) is 3.82. The molecular weight excluding hydrogens is 262 g/mol. The highest BCUT2D eigenvalue weighted by Gasteiger charge is 2.30. The Bertz CT molecular complexity index is 502. The molecule has 0 spiro atoms. The van der Waals surface area contributed by atoms with E-state index in [1.165, 1.54) is 25.7 Å². The molecule has 1 saturated heterocycles. The Kier molecular flexibility index (Phi) is 4.02. The lowest BCUT2D eigenvalue weighted by atomic mass is 9.86. The number of nitrogen functional groups attached to an aromatic ring is 1. The predicted molar refractivity (Wildman–Crippen MR) is 86.3 cm³/mol. The van der Waals surface area contributed by atoms with Crippen LogP contribution in [0.1, 0.15) is 56.8 Å². The molecule has 0 unspecified atom stereocenters. The molecule has 1 aromatic heterocycles. The number of hydrazine groups is 1. The topological polar surface area (TPSA) is 67.1 Å². The lowest BCUT2D eigenvalue weighted by Crippen LogP contribution is -2.36. The molecule has 1 saturated carbocycles. The van der Waals surface area contributed by atoms with E-state index in [2.05, 4.69) is 36.1 Å². The van der Waals surface area contributed by atoms with E-state index in [1.54, 1.807) is 0 Å². The second-order valence-corrected chi connectivity index (χ2v) is 6.87. The van der Waals surface area contributed by atoms with Crippen molar-refractivity contribution in [3.63, 3.8) is 0 Å². The number of rotatable bonds is 4. The van der Waals surface area contributed by atoms with Gasteiger partial charge >= 0.3 is 0 Å². The summed E-state index contributed by atoms with van der Waals surface area (Å²) in [6, 6.07) is 0. The van der Waals surface area contributed by atoms with E-state index < -0.39 is 0 Å². The van der Waals surface area contributed by atoms with Crippen LogP contribution in [0.5, 0.6) is 0 Å². The Morgan fingerprint density at radius 1 is 1.14 bits per heavy atom. The van der Waals surface area contributed by atoms with Gasteiger partial charge in [0.15, 0.2) is 0 Å². The van der Waals surface area contributed by atoms with Gasteiger partial charge in [0.25, 0.3) is 0 Å². The maximum absolute atomic E-state index is 5.64. The van der Waals surface area contributed by atoms with Crippen LogP contribution >= 0.6 is 0 Å². The van der Waals surface area contributed by atoms with Gasteiger partial charge in [-0.3, -0.25) is 0 Å². The Labute approximate surface area is 127 Å². The number of nitrogens with zero attached hydrogens (tertiary/aromatic N) is 3. The van der Waals surface area contributed by atoms with Crippen LogP contribution in [0.2, 0.25) is 0 Å². The van der Waals surface area contributed by atoms with Crippen LogP contribution in [-0.2, 0) is 0 Å². The highest BCUT2D eigenvalue weighted by atomic mass is 15.3. The SMILES string of the molecule is Cc1c(NN)nc(C2CC2)nc1N1CCC(C(C)C)CC1. The third-order valence-electron chi connectivity index (χ3n) is 5.00. The molecule has 0 radical (unpaired) electrons. The highest BCUT2D eigenvalue weighted by molar-refractivity contribution is 5.58. The summed E-state index contributed by atoms with van der Waals surface area (Å²) in [6.07, 6.45) is 4.93. The molecule has 3 N–H and O–H groups in total. The van der Waals surface area contributed by atoms with Crippen molar-refractivity contribution in [3.8, 4) is 0 Å². The fraction of sp³-hybridized carbons (Fsp3) is 0.750. The number of nitrogens with one attached hydrogen (secondary N) is 1. The Morgan fingerprint density at radius 2 is 1.81 bits per heavy atom. The number of hydrogen-bond acceptors (Lipinski definition) is 5. The van der Waals surface area contributed by atoms with Crippen LogP contribution < -0.4 is 16.2 Å². The van der Waals surface area contributed by atoms with Crippen LogP contribution in [0, 0.1) is 18.8 Å². The third-order valence-corrected chi connectivity index (χ3v) is 5.00. The Balaban J connectivity index is 1.82. The van der Waals surface area contributed by atoms with Gasteiger partial charge in [-0.1, -0.05) is 13.8 Å². The van der Waals surface area contributed by atoms with Gasteiger partial charge in [-0.15, -0.1) is 0 Å². The second kappa shape index (κ2) is 5.79. The summed E-state index contributed by atoms with van der Waals surface area (Å²) in [7, 11) is 0. The molecule has 3 rings (SSSR count). The quantitative estimate of drug-likeness (QED) is 0.659. The average Bonchev–Trinajstić information content (AvgIpc) is 3.32. The maximum Gasteiger partial charge on any atom is 0.148 e. The highest BCUT2D eigenvalue weighted by Crippen LogP contribution is 2.40. The predicted octanol–water partition coefficient (Wildman–Crippen LogP) is 2.82. The first kappa shape index (κ1) is 14.6. The molecule has 0 bridgehead atoms. The lowest BCUT2D eigenvalue weighted by Gasteiger charge is -2.35. The van der Waals surface area contributed by atoms with Crippen molar-refractivity contribution in [2.45, 2.75) is 52.4 Å². The van der Waals surface area contributed by atoms with E-state index in [-0.39, 0.29) is 0 Å². The maximum atomic E-state index is 5.64. The minimum atomic E-state index is 0.546. The van der Waals surface area contributed by atoms with Crippen LogP contribution in [0.15, 0.2) is 0 Å². The van der Waals surface area contributed by atoms with E-state index in [4.69, 9.17) is 10.8 Å². The summed E-state index contributed by atoms with van der Waals surface area (Å²) in [6.45, 7) is 8.91.